The van der Waals surface area contributed by atoms with Crippen LogP contribution in [0.15, 0.2) is 4.79 Å². The quantitative estimate of drug-likeness (QED) is 0.612. The van der Waals surface area contributed by atoms with Gasteiger partial charge in [-0.1, -0.05) is 13.3 Å². The predicted octanol–water partition coefficient (Wildman–Crippen LogP) is 3.55. The fraction of sp³-hybridized carbons (Fsp3) is 0.611. The van der Waals surface area contributed by atoms with Crippen molar-refractivity contribution in [3.63, 3.8) is 0 Å². The van der Waals surface area contributed by atoms with Gasteiger partial charge in [-0.3, -0.25) is 9.36 Å². The molecule has 3 rings (SSSR count). The van der Waals surface area contributed by atoms with E-state index in [1.54, 1.807) is 25.2 Å². The highest BCUT2D eigenvalue weighted by molar-refractivity contribution is 7.18. The Bertz CT molecular complexity index is 822. The molecule has 0 saturated carbocycles. The van der Waals surface area contributed by atoms with E-state index in [-0.39, 0.29) is 11.5 Å². The SMILES string of the molecule is CCCCOC(=O)C(C)n1c(C)nc2sc3c(c2c1=O)CCCC3. The molecular weight excluding hydrogens is 324 g/mol. The number of carbonyl (C=O) groups is 1. The number of rotatable bonds is 5. The zero-order chi connectivity index (χ0) is 17.3. The smallest absolute Gasteiger partial charge is 0.329 e. The van der Waals surface area contributed by atoms with Gasteiger partial charge in [0, 0.05) is 4.88 Å². The molecule has 1 unspecified atom stereocenters. The maximum absolute atomic E-state index is 13.1. The van der Waals surface area contributed by atoms with Crippen LogP contribution in [-0.4, -0.2) is 22.1 Å². The van der Waals surface area contributed by atoms with Crippen molar-refractivity contribution in [1.29, 1.82) is 0 Å². The van der Waals surface area contributed by atoms with Gasteiger partial charge < -0.3 is 4.74 Å². The second-order valence-corrected chi connectivity index (χ2v) is 7.51. The first-order valence-corrected chi connectivity index (χ1v) is 9.56. The summed E-state index contributed by atoms with van der Waals surface area (Å²) < 4.78 is 6.79. The number of unbranched alkanes of at least 4 members (excludes halogenated alkanes) is 1. The Balaban J connectivity index is 2.01. The monoisotopic (exact) mass is 348 g/mol. The number of carbonyl (C=O) groups excluding carboxylic acids is 1. The van der Waals surface area contributed by atoms with Crippen LogP contribution in [0.1, 0.15) is 61.8 Å². The normalized spacial score (nSPS) is 15.3. The molecule has 0 fully saturated rings. The van der Waals surface area contributed by atoms with Crippen molar-refractivity contribution in [1.82, 2.24) is 9.55 Å². The van der Waals surface area contributed by atoms with Crippen LogP contribution in [0, 0.1) is 6.92 Å². The largest absolute Gasteiger partial charge is 0.464 e. The summed E-state index contributed by atoms with van der Waals surface area (Å²) in [6.45, 7) is 5.95. The lowest BCUT2D eigenvalue weighted by atomic mass is 9.97. The van der Waals surface area contributed by atoms with Gasteiger partial charge in [-0.25, -0.2) is 9.78 Å². The molecule has 1 aliphatic carbocycles. The average molecular weight is 348 g/mol. The standard InChI is InChI=1S/C18H24N2O3S/c1-4-5-10-23-18(22)11(2)20-12(3)19-16-15(17(20)21)13-8-6-7-9-14(13)24-16/h11H,4-10H2,1-3H3. The molecule has 0 spiro atoms. The number of nitrogens with zero attached hydrogens (tertiary/aromatic N) is 2. The first kappa shape index (κ1) is 17.1. The highest BCUT2D eigenvalue weighted by atomic mass is 32.1. The molecular formula is C18H24N2O3S. The summed E-state index contributed by atoms with van der Waals surface area (Å²) in [4.78, 5) is 32.1. The molecule has 0 radical (unpaired) electrons. The third-order valence-corrected chi connectivity index (χ3v) is 5.85. The third kappa shape index (κ3) is 2.99. The van der Waals surface area contributed by atoms with Crippen LogP contribution in [-0.2, 0) is 22.4 Å². The number of fused-ring (bicyclic) bond motifs is 3. The summed E-state index contributed by atoms with van der Waals surface area (Å²) in [7, 11) is 0. The van der Waals surface area contributed by atoms with Crippen molar-refractivity contribution in [2.75, 3.05) is 6.61 Å². The molecule has 0 aromatic carbocycles. The number of aromatic nitrogens is 2. The van der Waals surface area contributed by atoms with Crippen molar-refractivity contribution in [3.05, 3.63) is 26.6 Å². The second kappa shape index (κ2) is 7.05. The van der Waals surface area contributed by atoms with Gasteiger partial charge in [-0.15, -0.1) is 11.3 Å². The molecule has 0 bridgehead atoms. The topological polar surface area (TPSA) is 61.2 Å². The van der Waals surface area contributed by atoms with Crippen LogP contribution in [0.5, 0.6) is 0 Å². The lowest BCUT2D eigenvalue weighted by Crippen LogP contribution is -2.32. The molecule has 2 heterocycles. The van der Waals surface area contributed by atoms with Crippen molar-refractivity contribution in [2.24, 2.45) is 0 Å². The maximum atomic E-state index is 13.1. The van der Waals surface area contributed by atoms with Crippen molar-refractivity contribution < 1.29 is 9.53 Å². The average Bonchev–Trinajstić information content (AvgIpc) is 2.92. The number of esters is 1. The Kier molecular flexibility index (Phi) is 5.04. The number of thiophene rings is 1. The van der Waals surface area contributed by atoms with Gasteiger partial charge in [0.2, 0.25) is 0 Å². The molecule has 0 aliphatic heterocycles. The first-order chi connectivity index (χ1) is 11.5. The number of hydrogen-bond acceptors (Lipinski definition) is 5. The van der Waals surface area contributed by atoms with E-state index in [1.165, 1.54) is 15.9 Å². The zero-order valence-corrected chi connectivity index (χ0v) is 15.4. The molecule has 2 aromatic heterocycles. The van der Waals surface area contributed by atoms with Crippen molar-refractivity contribution in [2.45, 2.75) is 65.3 Å². The van der Waals surface area contributed by atoms with Crippen LogP contribution >= 0.6 is 11.3 Å². The Morgan fingerprint density at radius 2 is 2.12 bits per heavy atom. The molecule has 0 amide bonds. The summed E-state index contributed by atoms with van der Waals surface area (Å²) in [6, 6.07) is -0.648. The van der Waals surface area contributed by atoms with Crippen molar-refractivity contribution >= 4 is 27.5 Å². The number of aryl methyl sites for hydroxylation is 3. The molecule has 24 heavy (non-hydrogen) atoms. The molecule has 1 aliphatic rings. The Labute approximate surface area is 145 Å². The van der Waals surface area contributed by atoms with E-state index in [4.69, 9.17) is 4.74 Å². The molecule has 5 nitrogen and oxygen atoms in total. The highest BCUT2D eigenvalue weighted by Gasteiger charge is 2.25. The van der Waals surface area contributed by atoms with Crippen LogP contribution in [0.2, 0.25) is 0 Å². The summed E-state index contributed by atoms with van der Waals surface area (Å²) in [6.07, 6.45) is 6.05. The first-order valence-electron chi connectivity index (χ1n) is 8.74. The Morgan fingerprint density at radius 1 is 1.38 bits per heavy atom. The van der Waals surface area contributed by atoms with E-state index in [2.05, 4.69) is 4.98 Å². The minimum atomic E-state index is -0.648. The van der Waals surface area contributed by atoms with Gasteiger partial charge in [0.1, 0.15) is 16.7 Å². The Hall–Kier alpha value is -1.69. The molecule has 1 atom stereocenters. The van der Waals surface area contributed by atoms with E-state index in [0.717, 1.165) is 42.5 Å². The fourth-order valence-electron chi connectivity index (χ4n) is 3.32. The molecule has 6 heteroatoms. The van der Waals surface area contributed by atoms with Gasteiger partial charge in [-0.05, 0) is 51.5 Å². The van der Waals surface area contributed by atoms with Crippen LogP contribution < -0.4 is 5.56 Å². The summed E-state index contributed by atoms with van der Waals surface area (Å²) in [5.74, 6) is 0.213. The molecule has 2 aromatic rings. The number of hydrogen-bond donors (Lipinski definition) is 0. The molecule has 0 N–H and O–H groups in total. The maximum Gasteiger partial charge on any atom is 0.329 e. The minimum Gasteiger partial charge on any atom is -0.464 e. The van der Waals surface area contributed by atoms with E-state index in [0.29, 0.717) is 17.8 Å². The second-order valence-electron chi connectivity index (χ2n) is 6.42. The Morgan fingerprint density at radius 3 is 2.88 bits per heavy atom. The molecule has 130 valence electrons. The lowest BCUT2D eigenvalue weighted by Gasteiger charge is -2.17. The van der Waals surface area contributed by atoms with E-state index < -0.39 is 6.04 Å². The third-order valence-electron chi connectivity index (χ3n) is 4.67. The van der Waals surface area contributed by atoms with Crippen LogP contribution in [0.3, 0.4) is 0 Å². The summed E-state index contributed by atoms with van der Waals surface area (Å²) in [5.41, 5.74) is 1.05. The summed E-state index contributed by atoms with van der Waals surface area (Å²) in [5, 5.41) is 0.716. The van der Waals surface area contributed by atoms with E-state index >= 15 is 0 Å². The van der Waals surface area contributed by atoms with Gasteiger partial charge in [0.15, 0.2) is 0 Å². The summed E-state index contributed by atoms with van der Waals surface area (Å²) >= 11 is 1.63. The number of ether oxygens (including phenoxy) is 1. The van der Waals surface area contributed by atoms with Crippen LogP contribution in [0.4, 0.5) is 0 Å². The van der Waals surface area contributed by atoms with Crippen molar-refractivity contribution in [3.8, 4) is 0 Å². The lowest BCUT2D eigenvalue weighted by molar-refractivity contribution is -0.147. The van der Waals surface area contributed by atoms with E-state index in [9.17, 15) is 9.59 Å². The zero-order valence-electron chi connectivity index (χ0n) is 14.6. The van der Waals surface area contributed by atoms with Gasteiger partial charge in [-0.2, -0.15) is 0 Å². The van der Waals surface area contributed by atoms with E-state index in [1.807, 2.05) is 6.92 Å². The fourth-order valence-corrected chi connectivity index (χ4v) is 4.62. The van der Waals surface area contributed by atoms with Gasteiger partial charge in [0.05, 0.1) is 12.0 Å². The highest BCUT2D eigenvalue weighted by Crippen LogP contribution is 2.34. The van der Waals surface area contributed by atoms with Gasteiger partial charge >= 0.3 is 5.97 Å². The van der Waals surface area contributed by atoms with Gasteiger partial charge in [0.25, 0.3) is 5.56 Å². The van der Waals surface area contributed by atoms with Crippen LogP contribution in [0.25, 0.3) is 10.2 Å². The minimum absolute atomic E-state index is 0.100. The molecule has 0 saturated heterocycles. The predicted molar refractivity (Wildman–Crippen MR) is 95.8 cm³/mol.